The van der Waals surface area contributed by atoms with Crippen molar-refractivity contribution in [3.05, 3.63) is 52.3 Å². The van der Waals surface area contributed by atoms with Crippen molar-refractivity contribution in [3.8, 4) is 6.07 Å². The van der Waals surface area contributed by atoms with Gasteiger partial charge in [-0.3, -0.25) is 9.48 Å². The maximum atomic E-state index is 12.3. The number of carbonyl (C=O) groups excluding carboxylic acids is 1. The standard InChI is InChI=1S/C15H15ClN4O/c1-3-20-9-13(16)14(18-20)10-19(2)15(21)12-6-4-5-11(7-12)8-17/h4-7,9H,3,10H2,1-2H3. The summed E-state index contributed by atoms with van der Waals surface area (Å²) in [6.07, 6.45) is 1.74. The van der Waals surface area contributed by atoms with Crippen LogP contribution in [0.3, 0.4) is 0 Å². The fraction of sp³-hybridized carbons (Fsp3) is 0.267. The largest absolute Gasteiger partial charge is 0.336 e. The van der Waals surface area contributed by atoms with E-state index in [1.165, 1.54) is 4.90 Å². The molecule has 2 rings (SSSR count). The minimum atomic E-state index is -0.172. The van der Waals surface area contributed by atoms with E-state index in [1.807, 2.05) is 13.0 Å². The Morgan fingerprint density at radius 1 is 1.52 bits per heavy atom. The Kier molecular flexibility index (Phi) is 4.61. The minimum Gasteiger partial charge on any atom is -0.336 e. The Labute approximate surface area is 128 Å². The Balaban J connectivity index is 2.15. The lowest BCUT2D eigenvalue weighted by atomic mass is 10.1. The van der Waals surface area contributed by atoms with Crippen LogP contribution in [0.2, 0.25) is 5.02 Å². The molecule has 0 fully saturated rings. The van der Waals surface area contributed by atoms with Crippen LogP contribution in [0.25, 0.3) is 0 Å². The number of nitriles is 1. The molecule has 0 spiro atoms. The summed E-state index contributed by atoms with van der Waals surface area (Å²) in [5.74, 6) is -0.172. The average molecular weight is 303 g/mol. The van der Waals surface area contributed by atoms with Gasteiger partial charge in [0.2, 0.25) is 0 Å². The summed E-state index contributed by atoms with van der Waals surface area (Å²) in [5, 5.41) is 13.7. The van der Waals surface area contributed by atoms with Gasteiger partial charge in [-0.15, -0.1) is 0 Å². The Bertz CT molecular complexity index is 702. The molecule has 1 aromatic carbocycles. The molecule has 0 unspecified atom stereocenters. The van der Waals surface area contributed by atoms with E-state index in [1.54, 1.807) is 42.2 Å². The maximum absolute atomic E-state index is 12.3. The molecule has 0 aliphatic heterocycles. The van der Waals surface area contributed by atoms with Crippen molar-refractivity contribution in [2.75, 3.05) is 7.05 Å². The van der Waals surface area contributed by atoms with Gasteiger partial charge in [0, 0.05) is 25.4 Å². The number of hydrogen-bond acceptors (Lipinski definition) is 3. The van der Waals surface area contributed by atoms with Gasteiger partial charge >= 0.3 is 0 Å². The van der Waals surface area contributed by atoms with Crippen LogP contribution in [0.4, 0.5) is 0 Å². The predicted octanol–water partition coefficient (Wildman–Crippen LogP) is 2.70. The van der Waals surface area contributed by atoms with Crippen molar-refractivity contribution >= 4 is 17.5 Å². The third kappa shape index (κ3) is 3.41. The van der Waals surface area contributed by atoms with Gasteiger partial charge in [-0.25, -0.2) is 0 Å². The van der Waals surface area contributed by atoms with Crippen molar-refractivity contribution in [2.24, 2.45) is 0 Å². The molecule has 0 N–H and O–H groups in total. The van der Waals surface area contributed by atoms with Crippen molar-refractivity contribution in [1.82, 2.24) is 14.7 Å². The van der Waals surface area contributed by atoms with Gasteiger partial charge in [0.25, 0.3) is 5.91 Å². The maximum Gasteiger partial charge on any atom is 0.253 e. The highest BCUT2D eigenvalue weighted by atomic mass is 35.5. The summed E-state index contributed by atoms with van der Waals surface area (Å²) in [4.78, 5) is 13.9. The molecule has 5 nitrogen and oxygen atoms in total. The van der Waals surface area contributed by atoms with Gasteiger partial charge in [-0.1, -0.05) is 17.7 Å². The smallest absolute Gasteiger partial charge is 0.253 e. The van der Waals surface area contributed by atoms with E-state index in [9.17, 15) is 4.79 Å². The molecular formula is C15H15ClN4O. The van der Waals surface area contributed by atoms with Crippen LogP contribution in [0.15, 0.2) is 30.5 Å². The first kappa shape index (κ1) is 15.1. The zero-order valence-electron chi connectivity index (χ0n) is 11.9. The molecule has 6 heteroatoms. The summed E-state index contributed by atoms with van der Waals surface area (Å²) < 4.78 is 1.73. The quantitative estimate of drug-likeness (QED) is 0.872. The SMILES string of the molecule is CCn1cc(Cl)c(CN(C)C(=O)c2cccc(C#N)c2)n1. The topological polar surface area (TPSA) is 61.9 Å². The van der Waals surface area contributed by atoms with Gasteiger partial charge in [-0.05, 0) is 25.1 Å². The number of amides is 1. The summed E-state index contributed by atoms with van der Waals surface area (Å²) in [7, 11) is 1.68. The lowest BCUT2D eigenvalue weighted by molar-refractivity contribution is 0.0783. The van der Waals surface area contributed by atoms with Crippen LogP contribution in [0.1, 0.15) is 28.5 Å². The first-order valence-electron chi connectivity index (χ1n) is 6.52. The summed E-state index contributed by atoms with van der Waals surface area (Å²) in [6.45, 7) is 3.01. The third-order valence-corrected chi connectivity index (χ3v) is 3.40. The molecule has 1 amide bonds. The fourth-order valence-electron chi connectivity index (χ4n) is 1.94. The van der Waals surface area contributed by atoms with E-state index in [2.05, 4.69) is 5.10 Å². The van der Waals surface area contributed by atoms with Crippen molar-refractivity contribution in [1.29, 1.82) is 5.26 Å². The normalized spacial score (nSPS) is 10.2. The van der Waals surface area contributed by atoms with Gasteiger partial charge in [0.1, 0.15) is 5.69 Å². The van der Waals surface area contributed by atoms with E-state index in [4.69, 9.17) is 16.9 Å². The lowest BCUT2D eigenvalue weighted by Gasteiger charge is -2.16. The van der Waals surface area contributed by atoms with Crippen LogP contribution in [-0.2, 0) is 13.1 Å². The number of nitrogens with zero attached hydrogens (tertiary/aromatic N) is 4. The Morgan fingerprint density at radius 3 is 2.90 bits per heavy atom. The second-order valence-corrected chi connectivity index (χ2v) is 5.04. The van der Waals surface area contributed by atoms with E-state index in [-0.39, 0.29) is 5.91 Å². The first-order chi connectivity index (χ1) is 10.0. The highest BCUT2D eigenvalue weighted by molar-refractivity contribution is 6.31. The molecule has 0 radical (unpaired) electrons. The Hall–Kier alpha value is -2.32. The van der Waals surface area contributed by atoms with E-state index in [0.717, 1.165) is 6.54 Å². The zero-order chi connectivity index (χ0) is 15.4. The van der Waals surface area contributed by atoms with Gasteiger partial charge < -0.3 is 4.90 Å². The van der Waals surface area contributed by atoms with Crippen molar-refractivity contribution in [3.63, 3.8) is 0 Å². The molecule has 2 aromatic rings. The molecule has 0 bridgehead atoms. The van der Waals surface area contributed by atoms with Crippen LogP contribution in [-0.4, -0.2) is 27.6 Å². The molecule has 1 aromatic heterocycles. The van der Waals surface area contributed by atoms with Gasteiger partial charge in [-0.2, -0.15) is 10.4 Å². The molecule has 0 aliphatic rings. The monoisotopic (exact) mass is 302 g/mol. The Morgan fingerprint density at radius 2 is 2.29 bits per heavy atom. The van der Waals surface area contributed by atoms with Crippen molar-refractivity contribution < 1.29 is 4.79 Å². The van der Waals surface area contributed by atoms with Crippen LogP contribution < -0.4 is 0 Å². The van der Waals surface area contributed by atoms with Gasteiger partial charge in [0.15, 0.2) is 0 Å². The number of halogens is 1. The van der Waals surface area contributed by atoms with E-state index < -0.39 is 0 Å². The molecule has 0 saturated carbocycles. The molecular weight excluding hydrogens is 288 g/mol. The number of aromatic nitrogens is 2. The third-order valence-electron chi connectivity index (χ3n) is 3.08. The number of carbonyl (C=O) groups is 1. The molecule has 0 atom stereocenters. The predicted molar refractivity (Wildman–Crippen MR) is 79.9 cm³/mol. The minimum absolute atomic E-state index is 0.172. The summed E-state index contributed by atoms with van der Waals surface area (Å²) in [5.41, 5.74) is 1.59. The van der Waals surface area contributed by atoms with Crippen LogP contribution >= 0.6 is 11.6 Å². The molecule has 0 aliphatic carbocycles. The zero-order valence-corrected chi connectivity index (χ0v) is 12.6. The van der Waals surface area contributed by atoms with E-state index >= 15 is 0 Å². The number of hydrogen-bond donors (Lipinski definition) is 0. The number of benzene rings is 1. The summed E-state index contributed by atoms with van der Waals surface area (Å²) >= 11 is 6.10. The average Bonchev–Trinajstić information content (AvgIpc) is 2.86. The second kappa shape index (κ2) is 6.42. The van der Waals surface area contributed by atoms with Crippen LogP contribution in [0.5, 0.6) is 0 Å². The number of aryl methyl sites for hydroxylation is 1. The number of rotatable bonds is 4. The van der Waals surface area contributed by atoms with E-state index in [0.29, 0.717) is 28.4 Å². The van der Waals surface area contributed by atoms with Crippen LogP contribution in [0, 0.1) is 11.3 Å². The second-order valence-electron chi connectivity index (χ2n) is 4.63. The molecule has 108 valence electrons. The highest BCUT2D eigenvalue weighted by Crippen LogP contribution is 2.17. The first-order valence-corrected chi connectivity index (χ1v) is 6.90. The highest BCUT2D eigenvalue weighted by Gasteiger charge is 2.16. The lowest BCUT2D eigenvalue weighted by Crippen LogP contribution is -2.26. The van der Waals surface area contributed by atoms with Gasteiger partial charge in [0.05, 0.1) is 23.2 Å². The fourth-order valence-corrected chi connectivity index (χ4v) is 2.15. The molecule has 1 heterocycles. The molecule has 0 saturated heterocycles. The van der Waals surface area contributed by atoms with Crippen molar-refractivity contribution in [2.45, 2.75) is 20.0 Å². The molecule has 21 heavy (non-hydrogen) atoms. The summed E-state index contributed by atoms with van der Waals surface area (Å²) in [6, 6.07) is 8.64.